The number of hydrogen-bond acceptors (Lipinski definition) is 7. The Morgan fingerprint density at radius 3 is 2.58 bits per heavy atom. The molecule has 3 heterocycles. The number of rotatable bonds is 6. The lowest BCUT2D eigenvalue weighted by Crippen LogP contribution is -2.35. The summed E-state index contributed by atoms with van der Waals surface area (Å²) < 4.78 is 5.77. The van der Waals surface area contributed by atoms with Crippen LogP contribution in [0.5, 0.6) is 0 Å². The third-order valence-electron chi connectivity index (χ3n) is 5.08. The van der Waals surface area contributed by atoms with E-state index in [1.165, 1.54) is 35.0 Å². The minimum Gasteiger partial charge on any atom is -0.457 e. The van der Waals surface area contributed by atoms with Gasteiger partial charge in [0.1, 0.15) is 16.6 Å². The van der Waals surface area contributed by atoms with Gasteiger partial charge >= 0.3 is 0 Å². The van der Waals surface area contributed by atoms with Gasteiger partial charge in [0.15, 0.2) is 5.84 Å². The van der Waals surface area contributed by atoms with Gasteiger partial charge in [0.05, 0.1) is 10.5 Å². The molecule has 9 nitrogen and oxygen atoms in total. The fourth-order valence-electron chi connectivity index (χ4n) is 3.29. The number of amidine groups is 2. The number of hydrazone groups is 1. The van der Waals surface area contributed by atoms with E-state index in [-0.39, 0.29) is 23.0 Å². The van der Waals surface area contributed by atoms with Crippen LogP contribution in [0.25, 0.3) is 17.4 Å². The largest absolute Gasteiger partial charge is 0.457 e. The van der Waals surface area contributed by atoms with Crippen molar-refractivity contribution in [2.45, 2.75) is 26.7 Å². The van der Waals surface area contributed by atoms with Crippen molar-refractivity contribution in [3.63, 3.8) is 0 Å². The van der Waals surface area contributed by atoms with Crippen molar-refractivity contribution >= 4 is 45.5 Å². The van der Waals surface area contributed by atoms with Gasteiger partial charge in [-0.15, -0.1) is 0 Å². The number of aliphatic imine (C=N–C) groups is 1. The third kappa shape index (κ3) is 3.93. The van der Waals surface area contributed by atoms with E-state index in [4.69, 9.17) is 9.83 Å². The number of carbonyl (C=O) groups excluding carboxylic acids is 1. The predicted octanol–water partition coefficient (Wildman–Crippen LogP) is 4.91. The predicted molar refractivity (Wildman–Crippen MR) is 120 cm³/mol. The molecular weight excluding hydrogens is 418 g/mol. The molecule has 0 bridgehead atoms. The Morgan fingerprint density at radius 2 is 1.94 bits per heavy atom. The third-order valence-corrected chi connectivity index (χ3v) is 6.15. The van der Waals surface area contributed by atoms with E-state index in [9.17, 15) is 14.9 Å². The van der Waals surface area contributed by atoms with Crippen molar-refractivity contribution in [1.29, 1.82) is 5.41 Å². The molecule has 10 heteroatoms. The summed E-state index contributed by atoms with van der Waals surface area (Å²) in [6.07, 6.45) is 3.31. The standard InChI is InChI=1S/C21H19N5O4S/c1-3-12(4-2)20-24-25-18(22)16(19(27)23-21(25)31-20)11-15-9-10-17(30-15)13-5-7-14(8-6-13)26(28)29/h5-12,22H,3-4H2,1-2H3. The van der Waals surface area contributed by atoms with Gasteiger partial charge < -0.3 is 4.42 Å². The average molecular weight is 437 g/mol. The lowest BCUT2D eigenvalue weighted by Gasteiger charge is -2.19. The molecule has 0 aliphatic carbocycles. The molecule has 0 atom stereocenters. The zero-order valence-electron chi connectivity index (χ0n) is 16.9. The average Bonchev–Trinajstić information content (AvgIpc) is 3.39. The second-order valence-corrected chi connectivity index (χ2v) is 7.97. The molecule has 2 aliphatic rings. The molecular formula is C21H19N5O4S. The Balaban J connectivity index is 1.59. The number of fused-ring (bicyclic) bond motifs is 1. The quantitative estimate of drug-likeness (QED) is 0.389. The van der Waals surface area contributed by atoms with Crippen LogP contribution in [0.2, 0.25) is 0 Å². The lowest BCUT2D eigenvalue weighted by molar-refractivity contribution is -0.384. The number of nitro groups is 1. The molecule has 1 amide bonds. The fraction of sp³-hybridized carbons (Fsp3) is 0.238. The summed E-state index contributed by atoms with van der Waals surface area (Å²) in [7, 11) is 0. The van der Waals surface area contributed by atoms with E-state index in [1.54, 1.807) is 24.3 Å². The van der Waals surface area contributed by atoms with Crippen molar-refractivity contribution in [2.75, 3.05) is 0 Å². The second-order valence-electron chi connectivity index (χ2n) is 6.98. The Morgan fingerprint density at radius 1 is 1.23 bits per heavy atom. The zero-order chi connectivity index (χ0) is 22.1. The molecule has 0 spiro atoms. The highest BCUT2D eigenvalue weighted by Gasteiger charge is 2.37. The maximum atomic E-state index is 12.6. The van der Waals surface area contributed by atoms with Gasteiger partial charge in [-0.2, -0.15) is 15.1 Å². The first-order valence-corrected chi connectivity index (χ1v) is 10.6. The van der Waals surface area contributed by atoms with E-state index >= 15 is 0 Å². The normalized spacial score (nSPS) is 17.3. The van der Waals surface area contributed by atoms with Crippen LogP contribution in [-0.2, 0) is 4.79 Å². The van der Waals surface area contributed by atoms with Crippen LogP contribution in [0.1, 0.15) is 32.4 Å². The zero-order valence-corrected chi connectivity index (χ0v) is 17.7. The number of non-ortho nitro benzene ring substituents is 1. The van der Waals surface area contributed by atoms with Crippen molar-refractivity contribution in [1.82, 2.24) is 5.01 Å². The summed E-state index contributed by atoms with van der Waals surface area (Å²) in [5.41, 5.74) is 0.740. The molecule has 1 N–H and O–H groups in total. The Labute approximate surface area is 182 Å². The van der Waals surface area contributed by atoms with Crippen molar-refractivity contribution < 1.29 is 14.1 Å². The van der Waals surface area contributed by atoms with Crippen LogP contribution in [0.3, 0.4) is 0 Å². The number of thioether (sulfide) groups is 1. The van der Waals surface area contributed by atoms with Crippen molar-refractivity contribution in [3.05, 3.63) is 57.8 Å². The smallest absolute Gasteiger partial charge is 0.283 e. The molecule has 0 radical (unpaired) electrons. The minimum atomic E-state index is -0.516. The molecule has 1 aromatic heterocycles. The molecule has 158 valence electrons. The molecule has 2 aromatic rings. The monoisotopic (exact) mass is 437 g/mol. The van der Waals surface area contributed by atoms with Crippen LogP contribution < -0.4 is 0 Å². The molecule has 4 rings (SSSR count). The molecule has 0 saturated heterocycles. The Kier molecular flexibility index (Phi) is 5.55. The van der Waals surface area contributed by atoms with E-state index in [0.717, 1.165) is 17.9 Å². The number of nitrogens with one attached hydrogen (secondary N) is 1. The number of nitro benzene ring substituents is 1. The van der Waals surface area contributed by atoms with Gasteiger partial charge in [-0.3, -0.25) is 20.3 Å². The molecule has 0 saturated carbocycles. The topological polar surface area (TPSA) is 125 Å². The van der Waals surface area contributed by atoms with Crippen LogP contribution >= 0.6 is 11.8 Å². The fourth-order valence-corrected chi connectivity index (χ4v) is 4.44. The van der Waals surface area contributed by atoms with Crippen molar-refractivity contribution in [3.8, 4) is 11.3 Å². The van der Waals surface area contributed by atoms with E-state index in [1.807, 2.05) is 0 Å². The highest BCUT2D eigenvalue weighted by Crippen LogP contribution is 2.33. The summed E-state index contributed by atoms with van der Waals surface area (Å²) in [5, 5.41) is 26.4. The number of benzene rings is 1. The summed E-state index contributed by atoms with van der Waals surface area (Å²) in [4.78, 5) is 27.0. The number of nitrogens with zero attached hydrogens (tertiary/aromatic N) is 4. The Bertz CT molecular complexity index is 1160. The number of carbonyl (C=O) groups is 1. The van der Waals surface area contributed by atoms with E-state index in [0.29, 0.717) is 22.3 Å². The first-order chi connectivity index (χ1) is 14.9. The molecule has 1 aromatic carbocycles. The van der Waals surface area contributed by atoms with E-state index < -0.39 is 10.8 Å². The van der Waals surface area contributed by atoms with Crippen LogP contribution in [-0.4, -0.2) is 31.9 Å². The number of amides is 1. The minimum absolute atomic E-state index is 0.00986. The SMILES string of the molecule is CCC(CC)C1=NN2C(=N)C(=Cc3ccc(-c4ccc([N+](=O)[O-])cc4)o3)C(=O)N=C2S1. The summed E-state index contributed by atoms with van der Waals surface area (Å²) in [5.74, 6) is 0.570. The number of furan rings is 1. The van der Waals surface area contributed by atoms with Crippen LogP contribution in [0.4, 0.5) is 5.69 Å². The van der Waals surface area contributed by atoms with Crippen LogP contribution in [0, 0.1) is 21.4 Å². The first-order valence-electron chi connectivity index (χ1n) is 9.76. The summed E-state index contributed by atoms with van der Waals surface area (Å²) in [6, 6.07) is 9.34. The van der Waals surface area contributed by atoms with Gasteiger partial charge in [-0.1, -0.05) is 13.8 Å². The maximum absolute atomic E-state index is 12.6. The number of hydrogen-bond donors (Lipinski definition) is 1. The van der Waals surface area contributed by atoms with E-state index in [2.05, 4.69) is 23.9 Å². The van der Waals surface area contributed by atoms with Crippen molar-refractivity contribution in [2.24, 2.45) is 16.0 Å². The summed E-state index contributed by atoms with van der Waals surface area (Å²) in [6.45, 7) is 4.16. The molecule has 0 unspecified atom stereocenters. The molecule has 2 aliphatic heterocycles. The maximum Gasteiger partial charge on any atom is 0.283 e. The second kappa shape index (κ2) is 8.31. The van der Waals surface area contributed by atoms with Gasteiger partial charge in [0, 0.05) is 23.6 Å². The lowest BCUT2D eigenvalue weighted by atomic mass is 10.1. The van der Waals surface area contributed by atoms with Gasteiger partial charge in [0.2, 0.25) is 5.17 Å². The van der Waals surface area contributed by atoms with Gasteiger partial charge in [-0.25, -0.2) is 0 Å². The molecule has 0 fully saturated rings. The highest BCUT2D eigenvalue weighted by atomic mass is 32.2. The Hall–Kier alpha value is -3.53. The highest BCUT2D eigenvalue weighted by molar-refractivity contribution is 8.27. The van der Waals surface area contributed by atoms with Gasteiger partial charge in [-0.05, 0) is 54.9 Å². The molecule has 31 heavy (non-hydrogen) atoms. The first kappa shape index (κ1) is 20.7. The van der Waals surface area contributed by atoms with Gasteiger partial charge in [0.25, 0.3) is 11.6 Å². The van der Waals surface area contributed by atoms with Crippen LogP contribution in [0.15, 0.2) is 56.5 Å². The summed E-state index contributed by atoms with van der Waals surface area (Å²) >= 11 is 1.34.